The Morgan fingerprint density at radius 3 is 2.76 bits per heavy atom. The summed E-state index contributed by atoms with van der Waals surface area (Å²) in [6.45, 7) is 4.08. The number of Topliss-reactive ketones (excluding diaryl/α,β-unsaturated/α-hetero) is 1. The van der Waals surface area contributed by atoms with Crippen molar-refractivity contribution in [1.29, 1.82) is 0 Å². The number of allylic oxidation sites excluding steroid dienone is 1. The van der Waals surface area contributed by atoms with Crippen LogP contribution in [0.5, 0.6) is 0 Å². The molecule has 0 saturated carbocycles. The van der Waals surface area contributed by atoms with Gasteiger partial charge in [-0.05, 0) is 62.6 Å². The third kappa shape index (κ3) is 4.04. The smallest absolute Gasteiger partial charge is 0.243 e. The van der Waals surface area contributed by atoms with Crippen LogP contribution < -0.4 is 15.5 Å². The first-order valence-corrected chi connectivity index (χ1v) is 11.3. The lowest BCUT2D eigenvalue weighted by atomic mass is 9.88. The maximum Gasteiger partial charge on any atom is 0.243 e. The molecule has 6 nitrogen and oxygen atoms in total. The molecule has 2 aromatic carbocycles. The normalized spacial score (nSPS) is 17.7. The van der Waals surface area contributed by atoms with Crippen molar-refractivity contribution >= 4 is 28.8 Å². The average molecular weight is 442 g/mol. The number of nitrogens with zero attached hydrogens (tertiary/aromatic N) is 1. The molecule has 0 bridgehead atoms. The summed E-state index contributed by atoms with van der Waals surface area (Å²) in [5.74, 6) is 0.592. The number of rotatable bonds is 4. The number of nitrogens with one attached hydrogen (secondary N) is 2. The minimum atomic E-state index is -0.483. The molecular weight excluding hydrogens is 414 g/mol. The molecule has 1 aliphatic carbocycles. The summed E-state index contributed by atoms with van der Waals surface area (Å²) in [7, 11) is 0. The first kappa shape index (κ1) is 21.1. The third-order valence-electron chi connectivity index (χ3n) is 6.32. The summed E-state index contributed by atoms with van der Waals surface area (Å²) in [5.41, 5.74) is 6.28. The zero-order chi connectivity index (χ0) is 22.9. The Kier molecular flexibility index (Phi) is 5.50. The van der Waals surface area contributed by atoms with Gasteiger partial charge in [-0.15, -0.1) is 0 Å². The van der Waals surface area contributed by atoms with E-state index >= 15 is 0 Å². The van der Waals surface area contributed by atoms with E-state index in [1.54, 1.807) is 6.26 Å². The maximum absolute atomic E-state index is 13.3. The number of para-hydroxylation sites is 2. The Balaban J connectivity index is 1.57. The first-order valence-electron chi connectivity index (χ1n) is 11.3. The number of hydrogen-bond donors (Lipinski definition) is 2. The van der Waals surface area contributed by atoms with Gasteiger partial charge in [-0.2, -0.15) is 0 Å². The van der Waals surface area contributed by atoms with Crippen molar-refractivity contribution in [3.63, 3.8) is 0 Å². The van der Waals surface area contributed by atoms with Gasteiger partial charge in [0.25, 0.3) is 0 Å². The van der Waals surface area contributed by atoms with Crippen molar-refractivity contribution in [3.8, 4) is 0 Å². The molecule has 5 rings (SSSR count). The molecule has 1 amide bonds. The molecule has 0 radical (unpaired) electrons. The van der Waals surface area contributed by atoms with Crippen molar-refractivity contribution in [1.82, 2.24) is 0 Å². The van der Waals surface area contributed by atoms with E-state index < -0.39 is 6.04 Å². The van der Waals surface area contributed by atoms with Crippen LogP contribution in [0.3, 0.4) is 0 Å². The lowest BCUT2D eigenvalue weighted by Gasteiger charge is -2.33. The van der Waals surface area contributed by atoms with E-state index in [1.807, 2.05) is 73.3 Å². The monoisotopic (exact) mass is 441 g/mol. The Bertz CT molecular complexity index is 1240. The van der Waals surface area contributed by atoms with Gasteiger partial charge >= 0.3 is 0 Å². The fraction of sp³-hybridized carbons (Fsp3) is 0.259. The number of ketones is 1. The van der Waals surface area contributed by atoms with Gasteiger partial charge in [0.15, 0.2) is 5.78 Å². The van der Waals surface area contributed by atoms with Crippen LogP contribution in [0.4, 0.5) is 17.1 Å². The van der Waals surface area contributed by atoms with Gasteiger partial charge in [0.05, 0.1) is 24.2 Å². The fourth-order valence-electron chi connectivity index (χ4n) is 4.82. The molecule has 33 heavy (non-hydrogen) atoms. The van der Waals surface area contributed by atoms with Crippen LogP contribution >= 0.6 is 0 Å². The highest BCUT2D eigenvalue weighted by atomic mass is 16.3. The average Bonchev–Trinajstić information content (AvgIpc) is 3.27. The predicted octanol–water partition coefficient (Wildman–Crippen LogP) is 5.52. The standard InChI is InChI=1S/C27H27N3O3/c1-17-12-13-19(18(2)15-17)29-25(32)16-30-22-9-4-3-7-20(22)28-21-8-5-10-23(31)26(21)27(30)24-11-6-14-33-24/h3-4,6-7,9,11-15,27-28H,5,8,10,16H2,1-2H3,(H,29,32). The predicted molar refractivity (Wildman–Crippen MR) is 129 cm³/mol. The number of aryl methyl sites for hydroxylation is 2. The molecule has 2 heterocycles. The summed E-state index contributed by atoms with van der Waals surface area (Å²) in [6, 6.07) is 17.0. The molecule has 1 unspecified atom stereocenters. The highest BCUT2D eigenvalue weighted by Gasteiger charge is 2.38. The van der Waals surface area contributed by atoms with Crippen LogP contribution in [0.15, 0.2) is 76.5 Å². The summed E-state index contributed by atoms with van der Waals surface area (Å²) >= 11 is 0. The number of fused-ring (bicyclic) bond motifs is 1. The van der Waals surface area contributed by atoms with Crippen LogP contribution in [0, 0.1) is 13.8 Å². The van der Waals surface area contributed by atoms with Crippen LogP contribution in [0.2, 0.25) is 0 Å². The van der Waals surface area contributed by atoms with Gasteiger partial charge in [0, 0.05) is 23.4 Å². The zero-order valence-electron chi connectivity index (χ0n) is 18.9. The van der Waals surface area contributed by atoms with Gasteiger partial charge < -0.3 is 20.0 Å². The number of carbonyl (C=O) groups excluding carboxylic acids is 2. The van der Waals surface area contributed by atoms with E-state index in [4.69, 9.17) is 4.42 Å². The molecule has 1 aliphatic heterocycles. The van der Waals surface area contributed by atoms with E-state index in [0.29, 0.717) is 17.8 Å². The molecule has 3 aromatic rings. The highest BCUT2D eigenvalue weighted by Crippen LogP contribution is 2.44. The third-order valence-corrected chi connectivity index (χ3v) is 6.32. The number of carbonyl (C=O) groups is 2. The molecule has 2 N–H and O–H groups in total. The van der Waals surface area contributed by atoms with Crippen LogP contribution in [-0.2, 0) is 9.59 Å². The zero-order valence-corrected chi connectivity index (χ0v) is 18.9. The maximum atomic E-state index is 13.3. The lowest BCUT2D eigenvalue weighted by molar-refractivity contribution is -0.117. The van der Waals surface area contributed by atoms with E-state index in [9.17, 15) is 9.59 Å². The van der Waals surface area contributed by atoms with Crippen LogP contribution in [-0.4, -0.2) is 18.2 Å². The van der Waals surface area contributed by atoms with Gasteiger partial charge in [-0.25, -0.2) is 0 Å². The number of benzene rings is 2. The van der Waals surface area contributed by atoms with Gasteiger partial charge in [0.1, 0.15) is 11.8 Å². The Morgan fingerprint density at radius 2 is 1.97 bits per heavy atom. The Labute approximate surface area is 193 Å². The van der Waals surface area contributed by atoms with Crippen molar-refractivity contribution in [2.75, 3.05) is 22.1 Å². The minimum Gasteiger partial charge on any atom is -0.467 e. The van der Waals surface area contributed by atoms with Crippen molar-refractivity contribution in [2.45, 2.75) is 39.2 Å². The Morgan fingerprint density at radius 1 is 1.12 bits per heavy atom. The largest absolute Gasteiger partial charge is 0.467 e. The number of hydrogen-bond acceptors (Lipinski definition) is 5. The second kappa shape index (κ2) is 8.62. The summed E-state index contributed by atoms with van der Waals surface area (Å²) < 4.78 is 5.82. The molecule has 1 aromatic heterocycles. The molecule has 0 spiro atoms. The van der Waals surface area contributed by atoms with Crippen molar-refractivity contribution in [2.24, 2.45) is 0 Å². The SMILES string of the molecule is Cc1ccc(NC(=O)CN2c3ccccc3NC3=C(C(=O)CCC3)C2c2ccco2)c(C)c1. The first-order chi connectivity index (χ1) is 16.0. The second-order valence-electron chi connectivity index (χ2n) is 8.72. The molecule has 168 valence electrons. The Hall–Kier alpha value is -3.80. The highest BCUT2D eigenvalue weighted by molar-refractivity contribution is 6.02. The van der Waals surface area contributed by atoms with Gasteiger partial charge in [-0.1, -0.05) is 29.8 Å². The van der Waals surface area contributed by atoms with E-state index in [2.05, 4.69) is 10.6 Å². The van der Waals surface area contributed by atoms with E-state index in [1.165, 1.54) is 0 Å². The van der Waals surface area contributed by atoms with Crippen molar-refractivity contribution < 1.29 is 14.0 Å². The number of amides is 1. The van der Waals surface area contributed by atoms with Crippen LogP contribution in [0.25, 0.3) is 0 Å². The molecule has 6 heteroatoms. The van der Waals surface area contributed by atoms with Gasteiger partial charge in [0.2, 0.25) is 5.91 Å². The lowest BCUT2D eigenvalue weighted by Crippen LogP contribution is -2.38. The van der Waals surface area contributed by atoms with E-state index in [0.717, 1.165) is 46.7 Å². The summed E-state index contributed by atoms with van der Waals surface area (Å²) in [5, 5.41) is 6.55. The minimum absolute atomic E-state index is 0.0709. The quantitative estimate of drug-likeness (QED) is 0.558. The van der Waals surface area contributed by atoms with Crippen LogP contribution in [0.1, 0.15) is 42.2 Å². The molecule has 0 fully saturated rings. The summed E-state index contributed by atoms with van der Waals surface area (Å²) in [4.78, 5) is 28.4. The summed E-state index contributed by atoms with van der Waals surface area (Å²) in [6.07, 6.45) is 3.71. The molecule has 1 atom stereocenters. The van der Waals surface area contributed by atoms with Gasteiger partial charge in [-0.3, -0.25) is 9.59 Å². The van der Waals surface area contributed by atoms with E-state index in [-0.39, 0.29) is 18.2 Å². The molecule has 0 saturated heterocycles. The van der Waals surface area contributed by atoms with Crippen molar-refractivity contribution in [3.05, 3.63) is 89.0 Å². The number of anilines is 3. The topological polar surface area (TPSA) is 74.6 Å². The second-order valence-corrected chi connectivity index (χ2v) is 8.72. The molecule has 2 aliphatic rings. The fourth-order valence-corrected chi connectivity index (χ4v) is 4.82. The number of furan rings is 1. The molecular formula is C27H27N3O3.